The van der Waals surface area contributed by atoms with E-state index in [0.717, 1.165) is 69.8 Å². The molecule has 6 heteroatoms. The van der Waals surface area contributed by atoms with Gasteiger partial charge in [0.05, 0.1) is 14.2 Å². The predicted octanol–water partition coefficient (Wildman–Crippen LogP) is 8.34. The van der Waals surface area contributed by atoms with Crippen molar-refractivity contribution in [2.45, 2.75) is 111 Å². The van der Waals surface area contributed by atoms with Gasteiger partial charge in [-0.25, -0.2) is 0 Å². The van der Waals surface area contributed by atoms with Crippen LogP contribution < -0.4 is 18.9 Å². The van der Waals surface area contributed by atoms with Gasteiger partial charge in [-0.05, 0) is 30.9 Å². The molecule has 0 aliphatic carbocycles. The lowest BCUT2D eigenvalue weighted by Gasteiger charge is -2.20. The molecule has 2 aromatic carbocycles. The van der Waals surface area contributed by atoms with E-state index >= 15 is 0 Å². The third-order valence-corrected chi connectivity index (χ3v) is 6.54. The maximum Gasteiger partial charge on any atom is 0.311 e. The van der Waals surface area contributed by atoms with Crippen LogP contribution in [-0.2, 0) is 16.0 Å². The monoisotopic (exact) mass is 514 g/mol. The Balaban J connectivity index is 2.40. The standard InChI is InChI=1S/C31H46O6/c1-6-9-11-13-15-18-26(32)36-28-24-21-20-23(17-8-3)22-25(24)29(31(35-5)30(28)34-4)37-27(33)19-16-14-12-10-7-2/h20-22H,6-19H2,1-5H3. The fraction of sp³-hybridized carbons (Fsp3) is 0.613. The minimum atomic E-state index is -0.312. The quantitative estimate of drug-likeness (QED) is 0.113. The second-order valence-corrected chi connectivity index (χ2v) is 9.63. The van der Waals surface area contributed by atoms with Gasteiger partial charge in [0.25, 0.3) is 0 Å². The summed E-state index contributed by atoms with van der Waals surface area (Å²) in [6.07, 6.45) is 13.0. The van der Waals surface area contributed by atoms with Crippen molar-refractivity contribution in [3.05, 3.63) is 23.8 Å². The molecule has 0 spiro atoms. The maximum atomic E-state index is 12.8. The van der Waals surface area contributed by atoms with Crippen LogP contribution in [0.4, 0.5) is 0 Å². The molecule has 0 radical (unpaired) electrons. The first-order valence-electron chi connectivity index (χ1n) is 14.1. The van der Waals surface area contributed by atoms with Crippen LogP contribution in [0.5, 0.6) is 23.0 Å². The molecular weight excluding hydrogens is 468 g/mol. The van der Waals surface area contributed by atoms with Gasteiger partial charge in [-0.3, -0.25) is 9.59 Å². The minimum absolute atomic E-state index is 0.253. The highest BCUT2D eigenvalue weighted by atomic mass is 16.6. The zero-order chi connectivity index (χ0) is 27.0. The normalized spacial score (nSPS) is 10.9. The van der Waals surface area contributed by atoms with E-state index < -0.39 is 0 Å². The summed E-state index contributed by atoms with van der Waals surface area (Å²) in [6, 6.07) is 5.92. The highest BCUT2D eigenvalue weighted by molar-refractivity contribution is 6.01. The Bertz CT molecular complexity index is 997. The lowest BCUT2D eigenvalue weighted by atomic mass is 10.0. The summed E-state index contributed by atoms with van der Waals surface area (Å²) in [5.74, 6) is 0.501. The molecule has 0 amide bonds. The van der Waals surface area contributed by atoms with Crippen LogP contribution in [0.1, 0.15) is 110 Å². The number of rotatable bonds is 18. The SMILES string of the molecule is CCCCCCCC(=O)Oc1c(OC)c(OC)c(OC(=O)CCCCCCC)c2cc(CCC)ccc12. The third-order valence-electron chi connectivity index (χ3n) is 6.54. The van der Waals surface area contributed by atoms with Gasteiger partial charge in [0, 0.05) is 23.6 Å². The van der Waals surface area contributed by atoms with E-state index in [1.807, 2.05) is 18.2 Å². The average molecular weight is 515 g/mol. The van der Waals surface area contributed by atoms with E-state index in [4.69, 9.17) is 18.9 Å². The average Bonchev–Trinajstić information content (AvgIpc) is 2.89. The highest BCUT2D eigenvalue weighted by Gasteiger charge is 2.27. The van der Waals surface area contributed by atoms with Crippen molar-refractivity contribution in [3.8, 4) is 23.0 Å². The molecule has 0 heterocycles. The van der Waals surface area contributed by atoms with E-state index in [9.17, 15) is 9.59 Å². The van der Waals surface area contributed by atoms with Gasteiger partial charge in [-0.15, -0.1) is 0 Å². The number of unbranched alkanes of at least 4 members (excludes halogenated alkanes) is 8. The molecular formula is C31H46O6. The number of esters is 2. The molecule has 0 saturated heterocycles. The topological polar surface area (TPSA) is 71.1 Å². The van der Waals surface area contributed by atoms with Gasteiger partial charge in [-0.1, -0.05) is 90.7 Å². The highest BCUT2D eigenvalue weighted by Crippen LogP contribution is 2.51. The van der Waals surface area contributed by atoms with Crippen molar-refractivity contribution in [3.63, 3.8) is 0 Å². The van der Waals surface area contributed by atoms with Gasteiger partial charge < -0.3 is 18.9 Å². The lowest BCUT2D eigenvalue weighted by Crippen LogP contribution is -2.12. The second kappa shape index (κ2) is 16.9. The van der Waals surface area contributed by atoms with Crippen molar-refractivity contribution in [2.75, 3.05) is 14.2 Å². The van der Waals surface area contributed by atoms with Crippen LogP contribution in [0.2, 0.25) is 0 Å². The summed E-state index contributed by atoms with van der Waals surface area (Å²) in [4.78, 5) is 25.6. The molecule has 2 rings (SSSR count). The molecule has 6 nitrogen and oxygen atoms in total. The van der Waals surface area contributed by atoms with E-state index in [1.54, 1.807) is 0 Å². The first-order chi connectivity index (χ1) is 18.0. The number of fused-ring (bicyclic) bond motifs is 1. The Labute approximate surface area is 223 Å². The molecule has 37 heavy (non-hydrogen) atoms. The number of hydrogen-bond acceptors (Lipinski definition) is 6. The van der Waals surface area contributed by atoms with Crippen molar-refractivity contribution in [1.29, 1.82) is 0 Å². The first-order valence-corrected chi connectivity index (χ1v) is 14.1. The Morgan fingerprint density at radius 1 is 0.595 bits per heavy atom. The number of benzene rings is 2. The molecule has 0 saturated carbocycles. The van der Waals surface area contributed by atoms with E-state index in [2.05, 4.69) is 20.8 Å². The summed E-state index contributed by atoms with van der Waals surface area (Å²) in [5, 5.41) is 1.33. The number of carbonyl (C=O) groups is 2. The van der Waals surface area contributed by atoms with Gasteiger partial charge in [0.1, 0.15) is 0 Å². The summed E-state index contributed by atoms with van der Waals surface area (Å²) < 4.78 is 23.1. The molecule has 206 valence electrons. The molecule has 0 atom stereocenters. The molecule has 0 aromatic heterocycles. The smallest absolute Gasteiger partial charge is 0.311 e. The Hall–Kier alpha value is -2.76. The number of aryl methyl sites for hydroxylation is 1. The number of carbonyl (C=O) groups excluding carboxylic acids is 2. The summed E-state index contributed by atoms with van der Waals surface area (Å²) in [7, 11) is 3.00. The first kappa shape index (κ1) is 30.5. The van der Waals surface area contributed by atoms with Gasteiger partial charge in [0.2, 0.25) is 11.5 Å². The zero-order valence-corrected chi connectivity index (χ0v) is 23.6. The van der Waals surface area contributed by atoms with Crippen LogP contribution in [0.15, 0.2) is 18.2 Å². The van der Waals surface area contributed by atoms with Crippen LogP contribution in [0.3, 0.4) is 0 Å². The fourth-order valence-corrected chi connectivity index (χ4v) is 4.52. The van der Waals surface area contributed by atoms with Crippen molar-refractivity contribution in [2.24, 2.45) is 0 Å². The van der Waals surface area contributed by atoms with Crippen LogP contribution in [0, 0.1) is 0 Å². The molecule has 0 aliphatic rings. The number of ether oxygens (including phenoxy) is 4. The Morgan fingerprint density at radius 2 is 1.08 bits per heavy atom. The van der Waals surface area contributed by atoms with E-state index in [1.165, 1.54) is 27.1 Å². The van der Waals surface area contributed by atoms with Gasteiger partial charge in [-0.2, -0.15) is 0 Å². The predicted molar refractivity (Wildman–Crippen MR) is 149 cm³/mol. The van der Waals surface area contributed by atoms with Gasteiger partial charge in [0.15, 0.2) is 11.5 Å². The molecule has 0 N–H and O–H groups in total. The Morgan fingerprint density at radius 3 is 1.54 bits per heavy atom. The third kappa shape index (κ3) is 9.24. The molecule has 0 aliphatic heterocycles. The summed E-state index contributed by atoms with van der Waals surface area (Å²) in [5.41, 5.74) is 1.10. The van der Waals surface area contributed by atoms with Crippen LogP contribution in [0.25, 0.3) is 10.8 Å². The second-order valence-electron chi connectivity index (χ2n) is 9.63. The zero-order valence-electron chi connectivity index (χ0n) is 23.6. The van der Waals surface area contributed by atoms with Crippen LogP contribution >= 0.6 is 0 Å². The van der Waals surface area contributed by atoms with Crippen molar-refractivity contribution >= 4 is 22.7 Å². The minimum Gasteiger partial charge on any atom is -0.490 e. The fourth-order valence-electron chi connectivity index (χ4n) is 4.52. The molecule has 2 aromatic rings. The maximum absolute atomic E-state index is 12.8. The summed E-state index contributed by atoms with van der Waals surface area (Å²) in [6.45, 7) is 6.45. The van der Waals surface area contributed by atoms with Crippen LogP contribution in [-0.4, -0.2) is 26.2 Å². The van der Waals surface area contributed by atoms with Crippen molar-refractivity contribution < 1.29 is 28.5 Å². The molecule has 0 fully saturated rings. The number of hydrogen-bond donors (Lipinski definition) is 0. The largest absolute Gasteiger partial charge is 0.490 e. The van der Waals surface area contributed by atoms with Gasteiger partial charge >= 0.3 is 11.9 Å². The molecule has 0 bridgehead atoms. The van der Waals surface area contributed by atoms with E-state index in [-0.39, 0.29) is 23.4 Å². The summed E-state index contributed by atoms with van der Waals surface area (Å²) >= 11 is 0. The van der Waals surface area contributed by atoms with E-state index in [0.29, 0.717) is 35.1 Å². The molecule has 0 unspecified atom stereocenters. The number of methoxy groups -OCH3 is 2. The Kier molecular flexibility index (Phi) is 13.9. The lowest BCUT2D eigenvalue weighted by molar-refractivity contribution is -0.135. The van der Waals surface area contributed by atoms with Crippen molar-refractivity contribution in [1.82, 2.24) is 0 Å².